The zero-order valence-corrected chi connectivity index (χ0v) is 13.2. The molecule has 1 aliphatic rings. The summed E-state index contributed by atoms with van der Waals surface area (Å²) in [6.45, 7) is 0.376. The van der Waals surface area contributed by atoms with Gasteiger partial charge in [0.15, 0.2) is 0 Å². The van der Waals surface area contributed by atoms with Gasteiger partial charge in [-0.1, -0.05) is 25.7 Å². The lowest BCUT2D eigenvalue weighted by Gasteiger charge is -2.32. The lowest BCUT2D eigenvalue weighted by molar-refractivity contribution is 0.342. The quantitative estimate of drug-likeness (QED) is 0.781. The van der Waals surface area contributed by atoms with Crippen LogP contribution in [0, 0.1) is 0 Å². The van der Waals surface area contributed by atoms with Gasteiger partial charge in [-0.3, -0.25) is 4.98 Å². The maximum atomic E-state index is 12.4. The predicted octanol–water partition coefficient (Wildman–Crippen LogP) is 1.60. The van der Waals surface area contributed by atoms with E-state index < -0.39 is 15.6 Å². The van der Waals surface area contributed by atoms with Gasteiger partial charge >= 0.3 is 0 Å². The molecular weight excluding hydrogens is 286 g/mol. The molecule has 1 aromatic heterocycles. The smallest absolute Gasteiger partial charge is 0.212 e. The zero-order chi connectivity index (χ0) is 15.2. The topological polar surface area (TPSA) is 85.1 Å². The number of sulfonamides is 1. The summed E-state index contributed by atoms with van der Waals surface area (Å²) in [6.07, 6.45) is 9.98. The molecule has 3 N–H and O–H groups in total. The Morgan fingerprint density at radius 1 is 1.14 bits per heavy atom. The number of nitrogens with one attached hydrogen (secondary N) is 1. The highest BCUT2D eigenvalue weighted by atomic mass is 32.2. The normalized spacial score (nSPS) is 19.1. The monoisotopic (exact) mass is 311 g/mol. The van der Waals surface area contributed by atoms with Gasteiger partial charge in [-0.2, -0.15) is 0 Å². The molecule has 1 fully saturated rings. The van der Waals surface area contributed by atoms with Gasteiger partial charge in [0, 0.05) is 24.5 Å². The first-order valence-corrected chi connectivity index (χ1v) is 9.31. The van der Waals surface area contributed by atoms with Gasteiger partial charge in [0.25, 0.3) is 0 Å². The number of aromatic nitrogens is 1. The number of hydrogen-bond donors (Lipinski definition) is 2. The van der Waals surface area contributed by atoms with Crippen LogP contribution >= 0.6 is 0 Å². The van der Waals surface area contributed by atoms with Gasteiger partial charge in [0.1, 0.15) is 0 Å². The Morgan fingerprint density at radius 2 is 1.76 bits per heavy atom. The van der Waals surface area contributed by atoms with E-state index in [1.165, 1.54) is 12.8 Å². The molecule has 5 nitrogen and oxygen atoms in total. The molecule has 118 valence electrons. The Balaban J connectivity index is 1.98. The second-order valence-electron chi connectivity index (χ2n) is 5.93. The molecule has 0 radical (unpaired) electrons. The van der Waals surface area contributed by atoms with Crippen LogP contribution in [0.15, 0.2) is 24.5 Å². The van der Waals surface area contributed by atoms with Crippen molar-refractivity contribution >= 4 is 10.0 Å². The highest BCUT2D eigenvalue weighted by molar-refractivity contribution is 7.89. The SMILES string of the molecule is NCC1(NS(=O)(=O)CCc2ccncc2)CCCCCC1. The van der Waals surface area contributed by atoms with Crippen molar-refractivity contribution in [2.24, 2.45) is 5.73 Å². The van der Waals surface area contributed by atoms with Crippen molar-refractivity contribution in [2.45, 2.75) is 50.5 Å². The summed E-state index contributed by atoms with van der Waals surface area (Å²) in [7, 11) is -3.32. The van der Waals surface area contributed by atoms with E-state index in [1.807, 2.05) is 12.1 Å². The van der Waals surface area contributed by atoms with Crippen LogP contribution in [0.2, 0.25) is 0 Å². The van der Waals surface area contributed by atoms with Crippen LogP contribution < -0.4 is 10.5 Å². The number of nitrogens with two attached hydrogens (primary N) is 1. The lowest BCUT2D eigenvalue weighted by atomic mass is 9.92. The highest BCUT2D eigenvalue weighted by Gasteiger charge is 2.33. The summed E-state index contributed by atoms with van der Waals surface area (Å²) in [5, 5.41) is 0. The molecule has 0 saturated heterocycles. The predicted molar refractivity (Wildman–Crippen MR) is 84.4 cm³/mol. The summed E-state index contributed by atoms with van der Waals surface area (Å²) >= 11 is 0. The molecule has 0 unspecified atom stereocenters. The third-order valence-electron chi connectivity index (χ3n) is 4.23. The minimum Gasteiger partial charge on any atom is -0.329 e. The number of nitrogens with zero attached hydrogens (tertiary/aromatic N) is 1. The maximum Gasteiger partial charge on any atom is 0.212 e. The summed E-state index contributed by atoms with van der Waals surface area (Å²) in [6, 6.07) is 3.69. The summed E-state index contributed by atoms with van der Waals surface area (Å²) < 4.78 is 27.6. The maximum absolute atomic E-state index is 12.4. The average molecular weight is 311 g/mol. The molecule has 6 heteroatoms. The van der Waals surface area contributed by atoms with E-state index in [0.29, 0.717) is 13.0 Å². The molecule has 0 atom stereocenters. The van der Waals surface area contributed by atoms with Crippen molar-refractivity contribution in [1.29, 1.82) is 0 Å². The summed E-state index contributed by atoms with van der Waals surface area (Å²) in [5.74, 6) is 0.0960. The zero-order valence-electron chi connectivity index (χ0n) is 12.4. The van der Waals surface area contributed by atoms with Crippen LogP contribution in [0.4, 0.5) is 0 Å². The van der Waals surface area contributed by atoms with Crippen molar-refractivity contribution in [2.75, 3.05) is 12.3 Å². The van der Waals surface area contributed by atoms with Gasteiger partial charge in [0.05, 0.1) is 5.75 Å². The molecule has 1 aliphatic carbocycles. The highest BCUT2D eigenvalue weighted by Crippen LogP contribution is 2.27. The largest absolute Gasteiger partial charge is 0.329 e. The number of rotatable bonds is 6. The van der Waals surface area contributed by atoms with E-state index in [0.717, 1.165) is 31.2 Å². The first-order chi connectivity index (χ1) is 10.1. The van der Waals surface area contributed by atoms with Crippen molar-refractivity contribution in [1.82, 2.24) is 9.71 Å². The minimum atomic E-state index is -3.32. The molecule has 0 amide bonds. The van der Waals surface area contributed by atoms with Crippen molar-refractivity contribution in [3.63, 3.8) is 0 Å². The molecule has 1 saturated carbocycles. The minimum absolute atomic E-state index is 0.0960. The second kappa shape index (κ2) is 7.33. The molecular formula is C15H25N3O2S. The van der Waals surface area contributed by atoms with E-state index in [1.54, 1.807) is 12.4 Å². The van der Waals surface area contributed by atoms with Crippen LogP contribution in [0.5, 0.6) is 0 Å². The van der Waals surface area contributed by atoms with Gasteiger partial charge in [0.2, 0.25) is 10.0 Å². The van der Waals surface area contributed by atoms with Crippen LogP contribution in [0.25, 0.3) is 0 Å². The van der Waals surface area contributed by atoms with Gasteiger partial charge in [-0.25, -0.2) is 13.1 Å². The molecule has 0 bridgehead atoms. The standard InChI is InChI=1S/C15H25N3O2S/c16-13-15(8-3-1-2-4-9-15)18-21(19,20)12-7-14-5-10-17-11-6-14/h5-6,10-11,18H,1-4,7-9,12-13,16H2. The number of aryl methyl sites for hydroxylation is 1. The summed E-state index contributed by atoms with van der Waals surface area (Å²) in [5.41, 5.74) is 6.43. The molecule has 1 heterocycles. The Labute approximate surface area is 127 Å². The molecule has 1 aromatic rings. The van der Waals surface area contributed by atoms with Crippen LogP contribution in [-0.4, -0.2) is 31.2 Å². The first-order valence-electron chi connectivity index (χ1n) is 7.66. The van der Waals surface area contributed by atoms with Crippen molar-refractivity contribution in [3.8, 4) is 0 Å². The Bertz CT molecular complexity index is 523. The molecule has 0 spiro atoms. The molecule has 0 aromatic carbocycles. The Kier molecular flexibility index (Phi) is 5.72. The van der Waals surface area contributed by atoms with Crippen molar-refractivity contribution < 1.29 is 8.42 Å². The van der Waals surface area contributed by atoms with E-state index in [9.17, 15) is 8.42 Å². The van der Waals surface area contributed by atoms with Gasteiger partial charge in [-0.15, -0.1) is 0 Å². The third kappa shape index (κ3) is 5.05. The Hall–Kier alpha value is -0.980. The third-order valence-corrected chi connectivity index (χ3v) is 5.72. The van der Waals surface area contributed by atoms with Crippen LogP contribution in [0.1, 0.15) is 44.1 Å². The number of hydrogen-bond acceptors (Lipinski definition) is 4. The molecule has 21 heavy (non-hydrogen) atoms. The van der Waals surface area contributed by atoms with E-state index in [2.05, 4.69) is 9.71 Å². The fourth-order valence-corrected chi connectivity index (χ4v) is 4.49. The van der Waals surface area contributed by atoms with E-state index in [-0.39, 0.29) is 5.75 Å². The lowest BCUT2D eigenvalue weighted by Crippen LogP contribution is -2.53. The van der Waals surface area contributed by atoms with Crippen molar-refractivity contribution in [3.05, 3.63) is 30.1 Å². The Morgan fingerprint density at radius 3 is 2.33 bits per heavy atom. The van der Waals surface area contributed by atoms with Gasteiger partial charge < -0.3 is 5.73 Å². The van der Waals surface area contributed by atoms with E-state index in [4.69, 9.17) is 5.73 Å². The van der Waals surface area contributed by atoms with Gasteiger partial charge in [-0.05, 0) is 37.0 Å². The average Bonchev–Trinajstić information content (AvgIpc) is 2.72. The molecule has 0 aliphatic heterocycles. The van der Waals surface area contributed by atoms with Crippen LogP contribution in [0.3, 0.4) is 0 Å². The summed E-state index contributed by atoms with van der Waals surface area (Å²) in [4.78, 5) is 3.94. The van der Waals surface area contributed by atoms with Crippen LogP contribution in [-0.2, 0) is 16.4 Å². The van der Waals surface area contributed by atoms with E-state index >= 15 is 0 Å². The second-order valence-corrected chi connectivity index (χ2v) is 7.77. The fraction of sp³-hybridized carbons (Fsp3) is 0.667. The molecule has 2 rings (SSSR count). The first kappa shape index (κ1) is 16.4. The number of pyridine rings is 1. The fourth-order valence-electron chi connectivity index (χ4n) is 2.94.